The molecule has 2 aromatic heterocycles. The molecular weight excluding hydrogens is 388 g/mol. The normalized spacial score (nSPS) is 23.9. The number of piperidine rings is 1. The van der Waals surface area contributed by atoms with Gasteiger partial charge in [-0.2, -0.15) is 0 Å². The van der Waals surface area contributed by atoms with Gasteiger partial charge in [0.1, 0.15) is 11.6 Å². The van der Waals surface area contributed by atoms with E-state index in [1.807, 2.05) is 35.4 Å². The number of nitrogens with two attached hydrogens (primary N) is 1. The summed E-state index contributed by atoms with van der Waals surface area (Å²) in [5.74, 6) is 2.39. The zero-order chi connectivity index (χ0) is 21.6. The molecule has 1 aliphatic heterocycles. The summed E-state index contributed by atoms with van der Waals surface area (Å²) in [5.41, 5.74) is 8.00. The van der Waals surface area contributed by atoms with Crippen molar-refractivity contribution in [1.82, 2.24) is 14.9 Å². The van der Waals surface area contributed by atoms with Gasteiger partial charge in [0, 0.05) is 50.4 Å². The van der Waals surface area contributed by atoms with Crippen molar-refractivity contribution in [2.75, 3.05) is 30.3 Å². The third kappa shape index (κ3) is 5.94. The Morgan fingerprint density at radius 1 is 1.16 bits per heavy atom. The number of amides is 1. The van der Waals surface area contributed by atoms with Crippen LogP contribution in [0, 0.1) is 5.92 Å². The molecule has 1 saturated carbocycles. The molecule has 2 fully saturated rings. The minimum atomic E-state index is 0.169. The lowest BCUT2D eigenvalue weighted by Crippen LogP contribution is -2.40. The number of anilines is 2. The smallest absolute Gasteiger partial charge is 0.219 e. The standard InChI is InChI=1S/C24H34N6O/c1-17(31)30-13-3-4-18(16-30)15-27-23-6-2-5-22(29-23)19-11-12-26-24(14-19)28-21-9-7-20(25)8-10-21/h2,5-6,11-12,14,18,20-21H,3-4,7-10,13,15-16,25H2,1H3,(H,26,28)(H,27,29). The van der Waals surface area contributed by atoms with Crippen LogP contribution in [-0.2, 0) is 4.79 Å². The molecule has 4 N–H and O–H groups in total. The lowest BCUT2D eigenvalue weighted by molar-refractivity contribution is -0.130. The topological polar surface area (TPSA) is 96.2 Å². The van der Waals surface area contributed by atoms with E-state index in [2.05, 4.69) is 21.7 Å². The molecule has 7 heteroatoms. The summed E-state index contributed by atoms with van der Waals surface area (Å²) in [5, 5.41) is 7.04. The van der Waals surface area contributed by atoms with Crippen LogP contribution in [-0.4, -0.2) is 52.5 Å². The first kappa shape index (κ1) is 21.6. The van der Waals surface area contributed by atoms with Crippen LogP contribution >= 0.6 is 0 Å². The van der Waals surface area contributed by atoms with Crippen LogP contribution in [0.2, 0.25) is 0 Å². The Kier molecular flexibility index (Phi) is 7.02. The van der Waals surface area contributed by atoms with Gasteiger partial charge in [-0.3, -0.25) is 4.79 Å². The molecule has 0 spiro atoms. The van der Waals surface area contributed by atoms with E-state index in [9.17, 15) is 4.79 Å². The maximum atomic E-state index is 11.7. The molecule has 2 aromatic rings. The number of pyridine rings is 2. The summed E-state index contributed by atoms with van der Waals surface area (Å²) in [4.78, 5) is 22.9. The van der Waals surface area contributed by atoms with Gasteiger partial charge in [0.05, 0.1) is 5.69 Å². The number of aromatic nitrogens is 2. The minimum Gasteiger partial charge on any atom is -0.370 e. The van der Waals surface area contributed by atoms with Crippen LogP contribution in [0.3, 0.4) is 0 Å². The van der Waals surface area contributed by atoms with E-state index in [4.69, 9.17) is 10.7 Å². The highest BCUT2D eigenvalue weighted by Crippen LogP contribution is 2.24. The van der Waals surface area contributed by atoms with Crippen molar-refractivity contribution in [3.05, 3.63) is 36.5 Å². The molecule has 3 heterocycles. The fourth-order valence-corrected chi connectivity index (χ4v) is 4.60. The van der Waals surface area contributed by atoms with E-state index in [-0.39, 0.29) is 5.91 Å². The van der Waals surface area contributed by atoms with Crippen molar-refractivity contribution < 1.29 is 4.79 Å². The summed E-state index contributed by atoms with van der Waals surface area (Å²) in [7, 11) is 0. The molecule has 1 amide bonds. The molecular formula is C24H34N6O. The fraction of sp³-hybridized carbons (Fsp3) is 0.542. The molecule has 1 unspecified atom stereocenters. The predicted octanol–water partition coefficient (Wildman–Crippen LogP) is 3.50. The Morgan fingerprint density at radius 2 is 2.00 bits per heavy atom. The third-order valence-corrected chi connectivity index (χ3v) is 6.46. The minimum absolute atomic E-state index is 0.169. The van der Waals surface area contributed by atoms with Crippen LogP contribution in [0.25, 0.3) is 11.3 Å². The van der Waals surface area contributed by atoms with Crippen molar-refractivity contribution in [3.8, 4) is 11.3 Å². The number of hydrogen-bond donors (Lipinski definition) is 3. The van der Waals surface area contributed by atoms with Crippen LogP contribution in [0.4, 0.5) is 11.6 Å². The Labute approximate surface area is 184 Å². The SMILES string of the molecule is CC(=O)N1CCCC(CNc2cccc(-c3ccnc(NC4CCC(N)CC4)c3)n2)C1. The number of hydrogen-bond acceptors (Lipinski definition) is 6. The molecule has 31 heavy (non-hydrogen) atoms. The van der Waals surface area contributed by atoms with E-state index in [1.54, 1.807) is 6.92 Å². The van der Waals surface area contributed by atoms with Crippen molar-refractivity contribution >= 4 is 17.5 Å². The first-order valence-corrected chi connectivity index (χ1v) is 11.5. The maximum absolute atomic E-state index is 11.7. The summed E-state index contributed by atoms with van der Waals surface area (Å²) >= 11 is 0. The maximum Gasteiger partial charge on any atom is 0.219 e. The van der Waals surface area contributed by atoms with E-state index < -0.39 is 0 Å². The summed E-state index contributed by atoms with van der Waals surface area (Å²) in [6.07, 6.45) is 8.36. The number of carbonyl (C=O) groups is 1. The van der Waals surface area contributed by atoms with Crippen LogP contribution in [0.15, 0.2) is 36.5 Å². The van der Waals surface area contributed by atoms with Crippen LogP contribution in [0.5, 0.6) is 0 Å². The van der Waals surface area contributed by atoms with Crippen LogP contribution in [0.1, 0.15) is 45.4 Å². The zero-order valence-electron chi connectivity index (χ0n) is 18.4. The Bertz CT molecular complexity index is 880. The third-order valence-electron chi connectivity index (χ3n) is 6.46. The number of carbonyl (C=O) groups excluding carboxylic acids is 1. The Balaban J connectivity index is 1.37. The van der Waals surface area contributed by atoms with E-state index in [1.165, 1.54) is 0 Å². The second-order valence-corrected chi connectivity index (χ2v) is 8.95. The first-order chi connectivity index (χ1) is 15.1. The monoisotopic (exact) mass is 422 g/mol. The second kappa shape index (κ2) is 10.1. The number of nitrogens with zero attached hydrogens (tertiary/aromatic N) is 3. The first-order valence-electron chi connectivity index (χ1n) is 11.5. The van der Waals surface area contributed by atoms with Gasteiger partial charge in [-0.15, -0.1) is 0 Å². The number of rotatable bonds is 6. The average Bonchev–Trinajstić information content (AvgIpc) is 2.80. The Hall–Kier alpha value is -2.67. The molecule has 4 rings (SSSR count). The lowest BCUT2D eigenvalue weighted by Gasteiger charge is -2.32. The summed E-state index contributed by atoms with van der Waals surface area (Å²) < 4.78 is 0. The van der Waals surface area contributed by atoms with E-state index in [0.29, 0.717) is 18.0 Å². The fourth-order valence-electron chi connectivity index (χ4n) is 4.60. The highest BCUT2D eigenvalue weighted by Gasteiger charge is 2.21. The molecule has 1 saturated heterocycles. The summed E-state index contributed by atoms with van der Waals surface area (Å²) in [6, 6.07) is 10.9. The van der Waals surface area contributed by atoms with Gasteiger partial charge in [0.25, 0.3) is 0 Å². The zero-order valence-corrected chi connectivity index (χ0v) is 18.4. The molecule has 166 valence electrons. The molecule has 1 atom stereocenters. The van der Waals surface area contributed by atoms with Gasteiger partial charge < -0.3 is 21.3 Å². The molecule has 2 aliphatic rings. The predicted molar refractivity (Wildman–Crippen MR) is 125 cm³/mol. The quantitative estimate of drug-likeness (QED) is 0.659. The van der Waals surface area contributed by atoms with Crippen molar-refractivity contribution in [2.45, 2.75) is 57.5 Å². The van der Waals surface area contributed by atoms with Gasteiger partial charge >= 0.3 is 0 Å². The molecule has 1 aliphatic carbocycles. The largest absolute Gasteiger partial charge is 0.370 e. The summed E-state index contributed by atoms with van der Waals surface area (Å²) in [6.45, 7) is 4.19. The highest BCUT2D eigenvalue weighted by molar-refractivity contribution is 5.73. The van der Waals surface area contributed by atoms with Crippen molar-refractivity contribution in [2.24, 2.45) is 11.7 Å². The Morgan fingerprint density at radius 3 is 2.81 bits per heavy atom. The van der Waals surface area contributed by atoms with Gasteiger partial charge in [0.2, 0.25) is 5.91 Å². The number of nitrogens with one attached hydrogen (secondary N) is 2. The average molecular weight is 423 g/mol. The van der Waals surface area contributed by atoms with Crippen LogP contribution < -0.4 is 16.4 Å². The van der Waals surface area contributed by atoms with Gasteiger partial charge in [-0.05, 0) is 68.7 Å². The number of likely N-dealkylation sites (tertiary alicyclic amines) is 1. The van der Waals surface area contributed by atoms with Gasteiger partial charge in [-0.25, -0.2) is 9.97 Å². The van der Waals surface area contributed by atoms with Gasteiger partial charge in [0.15, 0.2) is 0 Å². The van der Waals surface area contributed by atoms with E-state index in [0.717, 1.165) is 81.1 Å². The highest BCUT2D eigenvalue weighted by atomic mass is 16.2. The lowest BCUT2D eigenvalue weighted by atomic mass is 9.92. The molecule has 0 bridgehead atoms. The second-order valence-electron chi connectivity index (χ2n) is 8.95. The molecule has 0 aromatic carbocycles. The molecule has 7 nitrogen and oxygen atoms in total. The van der Waals surface area contributed by atoms with E-state index >= 15 is 0 Å². The van der Waals surface area contributed by atoms with Gasteiger partial charge in [-0.1, -0.05) is 6.07 Å². The van der Waals surface area contributed by atoms with Crippen molar-refractivity contribution in [1.29, 1.82) is 0 Å². The van der Waals surface area contributed by atoms with Crippen molar-refractivity contribution in [3.63, 3.8) is 0 Å². The molecule has 0 radical (unpaired) electrons.